The topological polar surface area (TPSA) is 108 Å². The maximum atomic E-state index is 13.1. The molecule has 2 aromatic rings. The Labute approximate surface area is 214 Å². The summed E-state index contributed by atoms with van der Waals surface area (Å²) < 4.78 is 22.4. The summed E-state index contributed by atoms with van der Waals surface area (Å²) in [6.07, 6.45) is 0. The molecule has 0 aliphatic rings. The highest BCUT2D eigenvalue weighted by Gasteiger charge is 2.27. The number of hydrogen-bond acceptors (Lipinski definition) is 8. The number of nitrogens with one attached hydrogen (secondary N) is 1. The van der Waals surface area contributed by atoms with Gasteiger partial charge in [-0.3, -0.25) is 9.59 Å². The van der Waals surface area contributed by atoms with Crippen molar-refractivity contribution in [2.75, 3.05) is 31.7 Å². The molecule has 0 saturated carbocycles. The van der Waals surface area contributed by atoms with E-state index in [1.165, 1.54) is 6.92 Å². The van der Waals surface area contributed by atoms with Crippen LogP contribution >= 0.6 is 23.2 Å². The highest BCUT2D eigenvalue weighted by molar-refractivity contribution is 6.32. The zero-order chi connectivity index (χ0) is 26.0. The molecule has 0 fully saturated rings. The fraction of sp³-hybridized carbons (Fsp3) is 0.417. The van der Waals surface area contributed by atoms with Crippen molar-refractivity contribution in [3.63, 3.8) is 0 Å². The summed E-state index contributed by atoms with van der Waals surface area (Å²) in [5.41, 5.74) is 0.411. The van der Waals surface area contributed by atoms with Gasteiger partial charge in [-0.05, 0) is 46.8 Å². The van der Waals surface area contributed by atoms with Crippen molar-refractivity contribution in [2.45, 2.75) is 40.7 Å². The number of benzene rings is 2. The Morgan fingerprint density at radius 2 is 1.43 bits per heavy atom. The molecule has 11 heteroatoms. The Morgan fingerprint density at radius 1 is 0.886 bits per heavy atom. The van der Waals surface area contributed by atoms with Gasteiger partial charge < -0.3 is 24.3 Å². The number of nitrogens with zero attached hydrogens (tertiary/aromatic N) is 2. The number of halogens is 2. The molecule has 1 atom stereocenters. The van der Waals surface area contributed by atoms with Crippen LogP contribution in [0.3, 0.4) is 0 Å². The van der Waals surface area contributed by atoms with E-state index in [1.54, 1.807) is 52.0 Å². The standard InChI is InChI=1S/C24H29Cl2N3O6/c1-6-32-17-11-10-16(26)23(35-9-4)22(17)29-28-20(14(5)30)24(31)27-21-18(33-7-2)12-15(25)13-19(21)34-8-3/h10-13,20H,6-9H2,1-5H3,(H,27,31). The molecule has 1 amide bonds. The molecule has 9 nitrogen and oxygen atoms in total. The fourth-order valence-electron chi connectivity index (χ4n) is 3.02. The number of anilines is 1. The van der Waals surface area contributed by atoms with Crippen LogP contribution in [-0.2, 0) is 9.59 Å². The molecule has 0 bridgehead atoms. The molecule has 0 spiro atoms. The molecule has 190 valence electrons. The summed E-state index contributed by atoms with van der Waals surface area (Å²) in [6, 6.07) is 4.83. The monoisotopic (exact) mass is 525 g/mol. The second-order valence-corrected chi connectivity index (χ2v) is 7.79. The van der Waals surface area contributed by atoms with Crippen LogP contribution in [0.1, 0.15) is 34.6 Å². The van der Waals surface area contributed by atoms with Crippen molar-refractivity contribution in [3.05, 3.63) is 34.3 Å². The number of azo groups is 1. The SMILES string of the molecule is CCOc1ccc(Cl)c(OCC)c1N=NC(C(C)=O)C(=O)Nc1c(OCC)cc(Cl)cc1OCC. The fourth-order valence-corrected chi connectivity index (χ4v) is 3.43. The second kappa shape index (κ2) is 13.7. The number of hydrogen-bond donors (Lipinski definition) is 1. The summed E-state index contributed by atoms with van der Waals surface area (Å²) in [5, 5.41) is 11.5. The third-order valence-corrected chi connectivity index (χ3v) is 4.94. The average Bonchev–Trinajstić information content (AvgIpc) is 2.80. The largest absolute Gasteiger partial charge is 0.491 e. The van der Waals surface area contributed by atoms with Gasteiger partial charge in [-0.2, -0.15) is 5.11 Å². The van der Waals surface area contributed by atoms with Gasteiger partial charge in [-0.15, -0.1) is 5.11 Å². The van der Waals surface area contributed by atoms with E-state index < -0.39 is 17.7 Å². The maximum Gasteiger partial charge on any atom is 0.259 e. The molecule has 0 radical (unpaired) electrons. The molecule has 0 aliphatic carbocycles. The van der Waals surface area contributed by atoms with Gasteiger partial charge in [0, 0.05) is 17.2 Å². The number of carbonyl (C=O) groups is 2. The normalized spacial score (nSPS) is 11.7. The Morgan fingerprint density at radius 3 is 1.94 bits per heavy atom. The van der Waals surface area contributed by atoms with E-state index in [0.29, 0.717) is 48.7 Å². The van der Waals surface area contributed by atoms with Crippen LogP contribution in [0.15, 0.2) is 34.5 Å². The second-order valence-electron chi connectivity index (χ2n) is 6.95. The van der Waals surface area contributed by atoms with Crippen LogP contribution in [-0.4, -0.2) is 44.2 Å². The van der Waals surface area contributed by atoms with Gasteiger partial charge in [0.2, 0.25) is 6.04 Å². The molecule has 0 aliphatic heterocycles. The van der Waals surface area contributed by atoms with Gasteiger partial charge >= 0.3 is 0 Å². The van der Waals surface area contributed by atoms with E-state index in [0.717, 1.165) is 0 Å². The molecule has 2 aromatic carbocycles. The number of ether oxygens (including phenoxy) is 4. The van der Waals surface area contributed by atoms with E-state index in [-0.39, 0.29) is 22.1 Å². The van der Waals surface area contributed by atoms with E-state index in [9.17, 15) is 9.59 Å². The molecule has 0 saturated heterocycles. The van der Waals surface area contributed by atoms with Crippen LogP contribution < -0.4 is 24.3 Å². The number of amides is 1. The highest BCUT2D eigenvalue weighted by atomic mass is 35.5. The van der Waals surface area contributed by atoms with Crippen molar-refractivity contribution in [1.29, 1.82) is 0 Å². The van der Waals surface area contributed by atoms with Crippen molar-refractivity contribution in [3.8, 4) is 23.0 Å². The first-order valence-corrected chi connectivity index (χ1v) is 11.9. The van der Waals surface area contributed by atoms with E-state index in [2.05, 4.69) is 15.5 Å². The number of ketones is 1. The minimum atomic E-state index is -1.47. The summed E-state index contributed by atoms with van der Waals surface area (Å²) >= 11 is 12.4. The van der Waals surface area contributed by atoms with Gasteiger partial charge in [-0.25, -0.2) is 0 Å². The number of Topliss-reactive ketones (excluding diaryl/α,β-unsaturated/α-hetero) is 1. The lowest BCUT2D eigenvalue weighted by Gasteiger charge is -2.18. The summed E-state index contributed by atoms with van der Waals surface area (Å²) in [4.78, 5) is 25.5. The van der Waals surface area contributed by atoms with Gasteiger partial charge in [0.1, 0.15) is 17.2 Å². The maximum absolute atomic E-state index is 13.1. The first kappa shape index (κ1) is 28.2. The van der Waals surface area contributed by atoms with Crippen LogP contribution in [0.4, 0.5) is 11.4 Å². The third-order valence-electron chi connectivity index (χ3n) is 4.42. The van der Waals surface area contributed by atoms with Crippen molar-refractivity contribution in [1.82, 2.24) is 0 Å². The van der Waals surface area contributed by atoms with Crippen molar-refractivity contribution < 1.29 is 28.5 Å². The molecule has 35 heavy (non-hydrogen) atoms. The van der Waals surface area contributed by atoms with Crippen molar-refractivity contribution >= 4 is 46.3 Å². The van der Waals surface area contributed by atoms with Crippen LogP contribution in [0.5, 0.6) is 23.0 Å². The van der Waals surface area contributed by atoms with Gasteiger partial charge in [0.25, 0.3) is 5.91 Å². The van der Waals surface area contributed by atoms with Gasteiger partial charge in [0.05, 0.1) is 31.5 Å². The number of carbonyl (C=O) groups excluding carboxylic acids is 2. The molecular formula is C24H29Cl2N3O6. The molecule has 0 heterocycles. The Hall–Kier alpha value is -3.04. The quantitative estimate of drug-likeness (QED) is 0.244. The van der Waals surface area contributed by atoms with Crippen LogP contribution in [0.2, 0.25) is 10.0 Å². The number of rotatable bonds is 13. The predicted molar refractivity (Wildman–Crippen MR) is 135 cm³/mol. The van der Waals surface area contributed by atoms with Gasteiger partial charge in [0.15, 0.2) is 23.0 Å². The van der Waals surface area contributed by atoms with E-state index >= 15 is 0 Å². The zero-order valence-electron chi connectivity index (χ0n) is 20.3. The minimum absolute atomic E-state index is 0.178. The lowest BCUT2D eigenvalue weighted by Crippen LogP contribution is -2.32. The zero-order valence-corrected chi connectivity index (χ0v) is 21.8. The van der Waals surface area contributed by atoms with Crippen molar-refractivity contribution in [2.24, 2.45) is 10.2 Å². The smallest absolute Gasteiger partial charge is 0.259 e. The molecular weight excluding hydrogens is 497 g/mol. The highest BCUT2D eigenvalue weighted by Crippen LogP contribution is 2.43. The molecule has 0 aromatic heterocycles. The Balaban J connectivity index is 2.47. The predicted octanol–water partition coefficient (Wildman–Crippen LogP) is 6.27. The summed E-state index contributed by atoms with van der Waals surface area (Å²) in [5.74, 6) is -0.0906. The third kappa shape index (κ3) is 7.47. The summed E-state index contributed by atoms with van der Waals surface area (Å²) in [6.45, 7) is 9.71. The molecule has 1 N–H and O–H groups in total. The van der Waals surface area contributed by atoms with Gasteiger partial charge in [-0.1, -0.05) is 23.2 Å². The van der Waals surface area contributed by atoms with Crippen LogP contribution in [0.25, 0.3) is 0 Å². The van der Waals surface area contributed by atoms with E-state index in [1.807, 2.05) is 0 Å². The van der Waals surface area contributed by atoms with E-state index in [4.69, 9.17) is 42.1 Å². The van der Waals surface area contributed by atoms with Crippen LogP contribution in [0, 0.1) is 0 Å². The Kier molecular flexibility index (Phi) is 11.1. The first-order valence-electron chi connectivity index (χ1n) is 11.2. The minimum Gasteiger partial charge on any atom is -0.491 e. The first-order chi connectivity index (χ1) is 16.8. The molecule has 1 unspecified atom stereocenters. The Bertz CT molecular complexity index is 1050. The average molecular weight is 526 g/mol. The summed E-state index contributed by atoms with van der Waals surface area (Å²) in [7, 11) is 0. The lowest BCUT2D eigenvalue weighted by atomic mass is 10.2. The molecule has 2 rings (SSSR count). The lowest BCUT2D eigenvalue weighted by molar-refractivity contribution is -0.126.